The van der Waals surface area contributed by atoms with Crippen molar-refractivity contribution < 1.29 is 14.9 Å². The van der Waals surface area contributed by atoms with Crippen molar-refractivity contribution in [3.05, 3.63) is 0 Å². The average molecular weight is 383 g/mol. The average Bonchev–Trinajstić information content (AvgIpc) is 2.53. The molecule has 2 N–H and O–H groups in total. The molecule has 0 aromatic heterocycles. The van der Waals surface area contributed by atoms with Gasteiger partial charge < -0.3 is 14.9 Å². The van der Waals surface area contributed by atoms with Gasteiger partial charge in [0.15, 0.2) is 0 Å². The van der Waals surface area contributed by atoms with Gasteiger partial charge in [-0.15, -0.1) is 0 Å². The van der Waals surface area contributed by atoms with E-state index in [-0.39, 0.29) is 24.0 Å². The second-order valence-electron chi connectivity index (χ2n) is 10.7. The summed E-state index contributed by atoms with van der Waals surface area (Å²) in [5.74, 6) is 2.37. The van der Waals surface area contributed by atoms with E-state index in [1.807, 2.05) is 13.8 Å². The van der Waals surface area contributed by atoms with Crippen molar-refractivity contribution in [3.8, 4) is 0 Å². The van der Waals surface area contributed by atoms with E-state index in [0.29, 0.717) is 23.7 Å². The summed E-state index contributed by atoms with van der Waals surface area (Å²) in [6.07, 6.45) is 5.81. The minimum absolute atomic E-state index is 0.0768. The number of aliphatic hydroxyl groups is 2. The molecule has 2 rings (SSSR count). The van der Waals surface area contributed by atoms with E-state index in [1.54, 1.807) is 0 Å². The second-order valence-corrected chi connectivity index (χ2v) is 10.7. The van der Waals surface area contributed by atoms with Gasteiger partial charge in [-0.25, -0.2) is 0 Å². The molecule has 0 aromatic carbocycles. The Morgan fingerprint density at radius 2 is 1.11 bits per heavy atom. The minimum Gasteiger partial charge on any atom is -0.390 e. The Morgan fingerprint density at radius 1 is 0.778 bits per heavy atom. The van der Waals surface area contributed by atoms with E-state index < -0.39 is 11.2 Å². The van der Waals surface area contributed by atoms with Crippen LogP contribution in [0.4, 0.5) is 0 Å². The Morgan fingerprint density at radius 3 is 1.37 bits per heavy atom. The van der Waals surface area contributed by atoms with Gasteiger partial charge in [-0.3, -0.25) is 0 Å². The summed E-state index contributed by atoms with van der Waals surface area (Å²) in [6.45, 7) is 17.6. The fraction of sp³-hybridized carbons (Fsp3) is 1.00. The molecule has 0 aliphatic heterocycles. The number of ether oxygens (including phenoxy) is 1. The summed E-state index contributed by atoms with van der Waals surface area (Å²) in [6, 6.07) is 0. The largest absolute Gasteiger partial charge is 0.390 e. The molecule has 8 unspecified atom stereocenters. The van der Waals surface area contributed by atoms with Crippen LogP contribution in [-0.2, 0) is 4.74 Å². The smallest absolute Gasteiger partial charge is 0.0672 e. The fourth-order valence-corrected chi connectivity index (χ4v) is 6.26. The molecule has 160 valence electrons. The number of rotatable bonds is 6. The molecule has 0 spiro atoms. The van der Waals surface area contributed by atoms with Gasteiger partial charge in [0.05, 0.1) is 23.4 Å². The monoisotopic (exact) mass is 382 g/mol. The molecule has 0 radical (unpaired) electrons. The fourth-order valence-electron chi connectivity index (χ4n) is 6.26. The van der Waals surface area contributed by atoms with E-state index in [2.05, 4.69) is 41.5 Å². The lowest BCUT2D eigenvalue weighted by Crippen LogP contribution is -2.57. The molecule has 2 aliphatic carbocycles. The first-order valence-electron chi connectivity index (χ1n) is 11.6. The Balaban J connectivity index is 2.38. The molecule has 0 saturated heterocycles. The van der Waals surface area contributed by atoms with Gasteiger partial charge in [0.1, 0.15) is 0 Å². The topological polar surface area (TPSA) is 49.7 Å². The van der Waals surface area contributed by atoms with Crippen molar-refractivity contribution in [3.63, 3.8) is 0 Å². The van der Waals surface area contributed by atoms with Crippen LogP contribution in [0.3, 0.4) is 0 Å². The highest BCUT2D eigenvalue weighted by Crippen LogP contribution is 2.48. The van der Waals surface area contributed by atoms with E-state index in [9.17, 15) is 10.2 Å². The Kier molecular flexibility index (Phi) is 7.47. The minimum atomic E-state index is -0.656. The van der Waals surface area contributed by atoms with Crippen LogP contribution in [0.15, 0.2) is 0 Å². The van der Waals surface area contributed by atoms with Crippen LogP contribution in [0.5, 0.6) is 0 Å². The van der Waals surface area contributed by atoms with Crippen LogP contribution in [0.25, 0.3) is 0 Å². The Bertz CT molecular complexity index is 426. The van der Waals surface area contributed by atoms with Crippen LogP contribution >= 0.6 is 0 Å². The number of hydrogen-bond donors (Lipinski definition) is 2. The van der Waals surface area contributed by atoms with Crippen molar-refractivity contribution in [2.24, 2.45) is 35.5 Å². The second kappa shape index (κ2) is 8.71. The van der Waals surface area contributed by atoms with Crippen molar-refractivity contribution in [2.45, 2.75) is 117 Å². The molecule has 3 heteroatoms. The summed E-state index contributed by atoms with van der Waals surface area (Å²) in [5.41, 5.74) is -1.31. The summed E-state index contributed by atoms with van der Waals surface area (Å²) < 4.78 is 7.04. The van der Waals surface area contributed by atoms with Crippen LogP contribution in [-0.4, -0.2) is 33.6 Å². The van der Waals surface area contributed by atoms with Crippen LogP contribution < -0.4 is 0 Å². The third kappa shape index (κ3) is 4.73. The van der Waals surface area contributed by atoms with Gasteiger partial charge in [0.25, 0.3) is 0 Å². The SMILES string of the molecule is CCC1C(OC2C(C(C)C)CCC(C)(O)C2CC)C(C(C)C)CCC1(C)O. The van der Waals surface area contributed by atoms with Crippen molar-refractivity contribution in [1.82, 2.24) is 0 Å². The molecule has 0 bridgehead atoms. The lowest BCUT2D eigenvalue weighted by Gasteiger charge is -2.53. The van der Waals surface area contributed by atoms with Crippen LogP contribution in [0.1, 0.15) is 93.9 Å². The highest BCUT2D eigenvalue weighted by atomic mass is 16.5. The molecule has 0 amide bonds. The predicted octanol–water partition coefficient (Wildman–Crippen LogP) is 5.43. The van der Waals surface area contributed by atoms with Gasteiger partial charge >= 0.3 is 0 Å². The van der Waals surface area contributed by atoms with Crippen molar-refractivity contribution in [1.29, 1.82) is 0 Å². The van der Waals surface area contributed by atoms with E-state index >= 15 is 0 Å². The first kappa shape index (κ1) is 23.2. The lowest BCUT2D eigenvalue weighted by atomic mass is 9.63. The molecule has 27 heavy (non-hydrogen) atoms. The van der Waals surface area contributed by atoms with Gasteiger partial charge in [0.2, 0.25) is 0 Å². The molecule has 8 atom stereocenters. The molecule has 0 aromatic rings. The third-order valence-corrected chi connectivity index (χ3v) is 8.11. The molecule has 2 saturated carbocycles. The molecular formula is C24H46O3. The Hall–Kier alpha value is -0.120. The van der Waals surface area contributed by atoms with Crippen molar-refractivity contribution in [2.75, 3.05) is 0 Å². The maximum absolute atomic E-state index is 11.1. The van der Waals surface area contributed by atoms with E-state index in [4.69, 9.17) is 4.74 Å². The van der Waals surface area contributed by atoms with Crippen molar-refractivity contribution >= 4 is 0 Å². The molecule has 2 aliphatic rings. The molecular weight excluding hydrogens is 336 g/mol. The summed E-state index contributed by atoms with van der Waals surface area (Å²) in [4.78, 5) is 0. The van der Waals surface area contributed by atoms with E-state index in [1.165, 1.54) is 0 Å². The third-order valence-electron chi connectivity index (χ3n) is 8.11. The van der Waals surface area contributed by atoms with Gasteiger partial charge in [0, 0.05) is 11.8 Å². The zero-order chi connectivity index (χ0) is 20.6. The van der Waals surface area contributed by atoms with Gasteiger partial charge in [-0.05, 0) is 76.0 Å². The zero-order valence-electron chi connectivity index (χ0n) is 19.2. The maximum Gasteiger partial charge on any atom is 0.0672 e. The molecule has 2 fully saturated rings. The van der Waals surface area contributed by atoms with Crippen LogP contribution in [0, 0.1) is 35.5 Å². The first-order valence-corrected chi connectivity index (χ1v) is 11.6. The normalized spacial score (nSPS) is 46.2. The highest BCUT2D eigenvalue weighted by Gasteiger charge is 2.51. The first-order chi connectivity index (χ1) is 12.5. The summed E-state index contributed by atoms with van der Waals surface area (Å²) >= 11 is 0. The quantitative estimate of drug-likeness (QED) is 0.644. The van der Waals surface area contributed by atoms with Gasteiger partial charge in [-0.1, -0.05) is 41.5 Å². The van der Waals surface area contributed by atoms with Gasteiger partial charge in [-0.2, -0.15) is 0 Å². The molecule has 0 heterocycles. The highest BCUT2D eigenvalue weighted by molar-refractivity contribution is 5.00. The lowest BCUT2D eigenvalue weighted by molar-refractivity contribution is -0.220. The maximum atomic E-state index is 11.1. The summed E-state index contributed by atoms with van der Waals surface area (Å²) in [7, 11) is 0. The van der Waals surface area contributed by atoms with E-state index in [0.717, 1.165) is 38.5 Å². The van der Waals surface area contributed by atoms with Crippen LogP contribution in [0.2, 0.25) is 0 Å². The number of hydrogen-bond acceptors (Lipinski definition) is 3. The predicted molar refractivity (Wildman–Crippen MR) is 113 cm³/mol. The molecule has 3 nitrogen and oxygen atoms in total. The summed E-state index contributed by atoms with van der Waals surface area (Å²) in [5, 5.41) is 22.2. The standard InChI is InChI=1S/C24H46O3/c1-9-19-21(17(15(3)4)11-13-23(19,7)25)27-22-18(16(5)6)12-14-24(8,26)20(22)10-2/h15-22,25-26H,9-14H2,1-8H3. The zero-order valence-corrected chi connectivity index (χ0v) is 19.2. The Labute approximate surface area is 168 Å².